The molecule has 2 rings (SSSR count). The lowest BCUT2D eigenvalue weighted by atomic mass is 9.80. The molecule has 3 N–H and O–H groups in total. The highest BCUT2D eigenvalue weighted by Gasteiger charge is 2.34. The molecule has 0 spiro atoms. The molecule has 0 saturated heterocycles. The Bertz CT molecular complexity index is 282. The van der Waals surface area contributed by atoms with Crippen molar-refractivity contribution in [2.75, 3.05) is 6.54 Å². The summed E-state index contributed by atoms with van der Waals surface area (Å²) in [5, 5.41) is 3.29. The van der Waals surface area contributed by atoms with Crippen molar-refractivity contribution in [1.29, 1.82) is 0 Å². The number of nitrogens with two attached hydrogens (primary N) is 1. The Labute approximate surface area is 111 Å². The van der Waals surface area contributed by atoms with E-state index in [-0.39, 0.29) is 11.8 Å². The van der Waals surface area contributed by atoms with E-state index in [4.69, 9.17) is 5.73 Å². The van der Waals surface area contributed by atoms with Gasteiger partial charge in [0, 0.05) is 12.0 Å². The highest BCUT2D eigenvalue weighted by Crippen LogP contribution is 2.33. The third-order valence-corrected chi connectivity index (χ3v) is 4.82. The number of hydrogen-bond donors (Lipinski definition) is 2. The van der Waals surface area contributed by atoms with Gasteiger partial charge in [0.1, 0.15) is 0 Å². The Kier molecular flexibility index (Phi) is 4.66. The van der Waals surface area contributed by atoms with Crippen LogP contribution in [0.1, 0.15) is 52.4 Å². The second-order valence-corrected chi connectivity index (χ2v) is 6.66. The Morgan fingerprint density at radius 3 is 2.44 bits per heavy atom. The van der Waals surface area contributed by atoms with Crippen molar-refractivity contribution in [3.63, 3.8) is 0 Å². The molecular formula is C15H28N2O. The molecule has 3 nitrogen and oxygen atoms in total. The number of carbonyl (C=O) groups excluding carboxylic acids is 1. The number of nitrogens with one attached hydrogen (secondary N) is 1. The minimum Gasteiger partial charge on any atom is -0.353 e. The van der Waals surface area contributed by atoms with E-state index in [0.29, 0.717) is 18.5 Å². The summed E-state index contributed by atoms with van der Waals surface area (Å²) in [4.78, 5) is 12.3. The Morgan fingerprint density at radius 2 is 1.83 bits per heavy atom. The van der Waals surface area contributed by atoms with Gasteiger partial charge in [-0.25, -0.2) is 0 Å². The highest BCUT2D eigenvalue weighted by atomic mass is 16.2. The molecule has 0 aromatic heterocycles. The minimum absolute atomic E-state index is 0.183. The lowest BCUT2D eigenvalue weighted by molar-refractivity contribution is -0.127. The highest BCUT2D eigenvalue weighted by molar-refractivity contribution is 5.79. The van der Waals surface area contributed by atoms with Gasteiger partial charge in [-0.1, -0.05) is 20.3 Å². The van der Waals surface area contributed by atoms with Crippen LogP contribution in [0.25, 0.3) is 0 Å². The number of carbonyl (C=O) groups is 1. The summed E-state index contributed by atoms with van der Waals surface area (Å²) in [6.07, 6.45) is 6.93. The maximum absolute atomic E-state index is 12.3. The van der Waals surface area contributed by atoms with E-state index >= 15 is 0 Å². The molecule has 0 aliphatic heterocycles. The van der Waals surface area contributed by atoms with Crippen molar-refractivity contribution in [1.82, 2.24) is 5.32 Å². The fourth-order valence-electron chi connectivity index (χ4n) is 4.04. The van der Waals surface area contributed by atoms with E-state index in [2.05, 4.69) is 19.2 Å². The van der Waals surface area contributed by atoms with Crippen LogP contribution in [0.3, 0.4) is 0 Å². The molecule has 2 aliphatic rings. The zero-order valence-corrected chi connectivity index (χ0v) is 11.8. The zero-order valence-electron chi connectivity index (χ0n) is 11.8. The van der Waals surface area contributed by atoms with Gasteiger partial charge in [-0.3, -0.25) is 4.79 Å². The van der Waals surface area contributed by atoms with Crippen LogP contribution >= 0.6 is 0 Å². The van der Waals surface area contributed by atoms with Gasteiger partial charge in [0.15, 0.2) is 0 Å². The summed E-state index contributed by atoms with van der Waals surface area (Å²) in [5.41, 5.74) is 5.76. The Balaban J connectivity index is 1.86. The summed E-state index contributed by atoms with van der Waals surface area (Å²) >= 11 is 0. The van der Waals surface area contributed by atoms with E-state index < -0.39 is 0 Å². The SMILES string of the molecule is CC1CC(C)CC(NC(=O)C2CCCC2CN)C1. The van der Waals surface area contributed by atoms with Crippen LogP contribution in [0, 0.1) is 23.7 Å². The van der Waals surface area contributed by atoms with Crippen LogP contribution in [-0.4, -0.2) is 18.5 Å². The van der Waals surface area contributed by atoms with Gasteiger partial charge in [0.2, 0.25) is 5.91 Å². The van der Waals surface area contributed by atoms with Crippen LogP contribution in [0.2, 0.25) is 0 Å². The fourth-order valence-corrected chi connectivity index (χ4v) is 4.04. The number of hydrogen-bond acceptors (Lipinski definition) is 2. The molecule has 2 fully saturated rings. The molecule has 2 saturated carbocycles. The largest absolute Gasteiger partial charge is 0.353 e. The van der Waals surface area contributed by atoms with E-state index in [0.717, 1.165) is 43.9 Å². The summed E-state index contributed by atoms with van der Waals surface area (Å²) in [5.74, 6) is 2.36. The summed E-state index contributed by atoms with van der Waals surface area (Å²) in [6.45, 7) is 5.26. The van der Waals surface area contributed by atoms with Crippen molar-refractivity contribution in [3.05, 3.63) is 0 Å². The van der Waals surface area contributed by atoms with Crippen LogP contribution in [-0.2, 0) is 4.79 Å². The van der Waals surface area contributed by atoms with Crippen molar-refractivity contribution < 1.29 is 4.79 Å². The maximum atomic E-state index is 12.3. The van der Waals surface area contributed by atoms with Crippen molar-refractivity contribution >= 4 is 5.91 Å². The first-order valence-electron chi connectivity index (χ1n) is 7.60. The fraction of sp³-hybridized carbons (Fsp3) is 0.933. The molecule has 1 amide bonds. The normalized spacial score (nSPS) is 40.7. The monoisotopic (exact) mass is 252 g/mol. The smallest absolute Gasteiger partial charge is 0.223 e. The number of amides is 1. The molecule has 2 aliphatic carbocycles. The van der Waals surface area contributed by atoms with E-state index in [1.807, 2.05) is 0 Å². The first-order chi connectivity index (χ1) is 8.60. The summed E-state index contributed by atoms with van der Waals surface area (Å²) in [6, 6.07) is 0.398. The molecule has 4 atom stereocenters. The lowest BCUT2D eigenvalue weighted by Gasteiger charge is -2.33. The third kappa shape index (κ3) is 3.25. The quantitative estimate of drug-likeness (QED) is 0.810. The van der Waals surface area contributed by atoms with Gasteiger partial charge in [0.05, 0.1) is 0 Å². The molecule has 3 heteroatoms. The van der Waals surface area contributed by atoms with Crippen LogP contribution in [0.4, 0.5) is 0 Å². The van der Waals surface area contributed by atoms with E-state index in [1.165, 1.54) is 6.42 Å². The molecule has 18 heavy (non-hydrogen) atoms. The molecule has 0 radical (unpaired) electrons. The van der Waals surface area contributed by atoms with Crippen molar-refractivity contribution in [3.8, 4) is 0 Å². The molecule has 0 heterocycles. The predicted molar refractivity (Wildman–Crippen MR) is 74.0 cm³/mol. The van der Waals surface area contributed by atoms with Crippen molar-refractivity contribution in [2.24, 2.45) is 29.4 Å². The predicted octanol–water partition coefficient (Wildman–Crippen LogP) is 2.30. The third-order valence-electron chi connectivity index (χ3n) is 4.82. The Hall–Kier alpha value is -0.570. The number of rotatable bonds is 3. The van der Waals surface area contributed by atoms with Gasteiger partial charge >= 0.3 is 0 Å². The van der Waals surface area contributed by atoms with Gasteiger partial charge in [0.25, 0.3) is 0 Å². The van der Waals surface area contributed by atoms with Gasteiger partial charge < -0.3 is 11.1 Å². The van der Waals surface area contributed by atoms with Crippen molar-refractivity contribution in [2.45, 2.75) is 58.4 Å². The topological polar surface area (TPSA) is 55.1 Å². The summed E-state index contributed by atoms with van der Waals surface area (Å²) < 4.78 is 0. The van der Waals surface area contributed by atoms with Gasteiger partial charge in [-0.2, -0.15) is 0 Å². The lowest BCUT2D eigenvalue weighted by Crippen LogP contribution is -2.44. The molecule has 0 bridgehead atoms. The Morgan fingerprint density at radius 1 is 1.17 bits per heavy atom. The first kappa shape index (κ1) is 13.9. The van der Waals surface area contributed by atoms with Crippen LogP contribution in [0.15, 0.2) is 0 Å². The molecule has 4 unspecified atom stereocenters. The zero-order chi connectivity index (χ0) is 13.1. The second kappa shape index (κ2) is 6.05. The van der Waals surface area contributed by atoms with Crippen LogP contribution in [0.5, 0.6) is 0 Å². The van der Waals surface area contributed by atoms with E-state index in [1.54, 1.807) is 0 Å². The first-order valence-corrected chi connectivity index (χ1v) is 7.60. The van der Waals surface area contributed by atoms with E-state index in [9.17, 15) is 4.79 Å². The van der Waals surface area contributed by atoms with Gasteiger partial charge in [-0.15, -0.1) is 0 Å². The van der Waals surface area contributed by atoms with Gasteiger partial charge in [-0.05, 0) is 56.4 Å². The average Bonchev–Trinajstić information content (AvgIpc) is 2.75. The minimum atomic E-state index is 0.183. The summed E-state index contributed by atoms with van der Waals surface area (Å²) in [7, 11) is 0. The van der Waals surface area contributed by atoms with Crippen LogP contribution < -0.4 is 11.1 Å². The average molecular weight is 252 g/mol. The second-order valence-electron chi connectivity index (χ2n) is 6.66. The molecule has 104 valence electrons. The molecule has 0 aromatic carbocycles. The molecule has 0 aromatic rings. The molecular weight excluding hydrogens is 224 g/mol. The maximum Gasteiger partial charge on any atom is 0.223 e. The standard InChI is InChI=1S/C15H28N2O/c1-10-6-11(2)8-13(7-10)17-15(18)14-5-3-4-12(14)9-16/h10-14H,3-9,16H2,1-2H3,(H,17,18).